The molecule has 0 aliphatic rings. The minimum Gasteiger partial charge on any atom is -0.497 e. The van der Waals surface area contributed by atoms with Gasteiger partial charge in [-0.05, 0) is 35.4 Å². The van der Waals surface area contributed by atoms with Crippen molar-refractivity contribution in [1.29, 1.82) is 0 Å². The first-order chi connectivity index (χ1) is 13.3. The molecular weight excluding hydrogens is 398 g/mol. The summed E-state index contributed by atoms with van der Waals surface area (Å²) in [5, 5.41) is 5.28. The van der Waals surface area contributed by atoms with E-state index in [2.05, 4.69) is 16.5 Å². The van der Waals surface area contributed by atoms with Gasteiger partial charge in [0, 0.05) is 18.2 Å². The number of benzene rings is 2. The van der Waals surface area contributed by atoms with Gasteiger partial charge in [0.25, 0.3) is 0 Å². The molecule has 0 radical (unpaired) electrons. The minimum atomic E-state index is -3.98. The first-order valence-corrected chi connectivity index (χ1v) is 10.2. The Morgan fingerprint density at radius 1 is 1.18 bits per heavy atom. The van der Waals surface area contributed by atoms with E-state index in [9.17, 15) is 8.42 Å². The van der Waals surface area contributed by atoms with Crippen LogP contribution in [-0.2, 0) is 16.4 Å². The van der Waals surface area contributed by atoms with Crippen LogP contribution >= 0.6 is 11.6 Å². The molecule has 0 amide bonds. The van der Waals surface area contributed by atoms with Crippen LogP contribution in [0.4, 0.5) is 0 Å². The van der Waals surface area contributed by atoms with Gasteiger partial charge in [-0.2, -0.15) is 0 Å². The zero-order chi connectivity index (χ0) is 20.3. The Balaban J connectivity index is 2.05. The SMILES string of the molecule is C=Cc1ccc(S(N)(=O)=O)c(Cl)c1-c1ccnc(Cc2ccc(OC)cc2)n1. The van der Waals surface area contributed by atoms with E-state index in [0.29, 0.717) is 29.1 Å². The summed E-state index contributed by atoms with van der Waals surface area (Å²) < 4.78 is 28.8. The second-order valence-electron chi connectivity index (χ2n) is 5.97. The van der Waals surface area contributed by atoms with Crippen molar-refractivity contribution in [2.24, 2.45) is 5.14 Å². The molecule has 6 nitrogen and oxygen atoms in total. The third-order valence-corrected chi connectivity index (χ3v) is 5.61. The predicted molar refractivity (Wildman–Crippen MR) is 110 cm³/mol. The van der Waals surface area contributed by atoms with Gasteiger partial charge in [0.1, 0.15) is 16.5 Å². The summed E-state index contributed by atoms with van der Waals surface area (Å²) in [6.45, 7) is 3.76. The predicted octanol–water partition coefficient (Wildman–Crippen LogP) is 3.69. The van der Waals surface area contributed by atoms with Crippen molar-refractivity contribution in [3.05, 3.63) is 77.2 Å². The Labute approximate surface area is 168 Å². The highest BCUT2D eigenvalue weighted by Gasteiger charge is 2.20. The van der Waals surface area contributed by atoms with Crippen molar-refractivity contribution >= 4 is 27.7 Å². The molecule has 0 aliphatic heterocycles. The normalized spacial score (nSPS) is 11.2. The lowest BCUT2D eigenvalue weighted by Crippen LogP contribution is -2.13. The Hall–Kier alpha value is -2.74. The lowest BCUT2D eigenvalue weighted by molar-refractivity contribution is 0.414. The molecule has 0 bridgehead atoms. The maximum absolute atomic E-state index is 11.8. The van der Waals surface area contributed by atoms with Gasteiger partial charge in [-0.15, -0.1) is 0 Å². The molecule has 8 heteroatoms. The lowest BCUT2D eigenvalue weighted by Gasteiger charge is -2.12. The van der Waals surface area contributed by atoms with Crippen LogP contribution in [0.1, 0.15) is 17.0 Å². The van der Waals surface area contributed by atoms with Crippen LogP contribution in [0.15, 0.2) is 60.1 Å². The third-order valence-electron chi connectivity index (χ3n) is 4.15. The summed E-state index contributed by atoms with van der Waals surface area (Å²) in [5.74, 6) is 1.33. The van der Waals surface area contributed by atoms with Crippen molar-refractivity contribution in [2.45, 2.75) is 11.3 Å². The summed E-state index contributed by atoms with van der Waals surface area (Å²) >= 11 is 6.38. The lowest BCUT2D eigenvalue weighted by atomic mass is 10.0. The molecule has 2 aromatic carbocycles. The summed E-state index contributed by atoms with van der Waals surface area (Å²) in [4.78, 5) is 8.71. The molecule has 0 spiro atoms. The van der Waals surface area contributed by atoms with E-state index in [1.165, 1.54) is 6.07 Å². The molecule has 1 aromatic heterocycles. The Kier molecular flexibility index (Phi) is 5.79. The fourth-order valence-corrected chi connectivity index (χ4v) is 3.97. The zero-order valence-corrected chi connectivity index (χ0v) is 16.7. The number of nitrogens with zero attached hydrogens (tertiary/aromatic N) is 2. The fourth-order valence-electron chi connectivity index (χ4n) is 2.77. The van der Waals surface area contributed by atoms with Crippen molar-refractivity contribution in [3.63, 3.8) is 0 Å². The third kappa shape index (κ3) is 4.22. The summed E-state index contributed by atoms with van der Waals surface area (Å²) in [6.07, 6.45) is 3.68. The van der Waals surface area contributed by atoms with Crippen LogP contribution in [0.5, 0.6) is 5.75 Å². The molecule has 0 atom stereocenters. The van der Waals surface area contributed by atoms with E-state index in [1.807, 2.05) is 24.3 Å². The average Bonchev–Trinajstić information content (AvgIpc) is 2.67. The van der Waals surface area contributed by atoms with Crippen LogP contribution in [0, 0.1) is 0 Å². The van der Waals surface area contributed by atoms with E-state index >= 15 is 0 Å². The van der Waals surface area contributed by atoms with Gasteiger partial charge < -0.3 is 4.74 Å². The van der Waals surface area contributed by atoms with Crippen LogP contribution in [0.3, 0.4) is 0 Å². The van der Waals surface area contributed by atoms with Crippen LogP contribution in [-0.4, -0.2) is 25.5 Å². The molecule has 28 heavy (non-hydrogen) atoms. The van der Waals surface area contributed by atoms with Crippen LogP contribution in [0.2, 0.25) is 5.02 Å². The second kappa shape index (κ2) is 8.10. The maximum atomic E-state index is 11.8. The van der Waals surface area contributed by atoms with E-state index in [1.54, 1.807) is 31.5 Å². The molecule has 0 saturated carbocycles. The number of ether oxygens (including phenoxy) is 1. The quantitative estimate of drug-likeness (QED) is 0.662. The molecule has 0 saturated heterocycles. The number of primary sulfonamides is 1. The van der Waals surface area contributed by atoms with Gasteiger partial charge in [-0.25, -0.2) is 23.5 Å². The van der Waals surface area contributed by atoms with Crippen molar-refractivity contribution in [3.8, 4) is 17.0 Å². The molecule has 1 heterocycles. The summed E-state index contributed by atoms with van der Waals surface area (Å²) in [5.41, 5.74) is 2.59. The van der Waals surface area contributed by atoms with Crippen molar-refractivity contribution in [1.82, 2.24) is 9.97 Å². The molecule has 0 aliphatic carbocycles. The minimum absolute atomic E-state index is 0.00833. The summed E-state index contributed by atoms with van der Waals surface area (Å²) in [6, 6.07) is 12.2. The summed E-state index contributed by atoms with van der Waals surface area (Å²) in [7, 11) is -2.37. The zero-order valence-electron chi connectivity index (χ0n) is 15.1. The number of aromatic nitrogens is 2. The van der Waals surface area contributed by atoms with E-state index in [-0.39, 0.29) is 9.92 Å². The Bertz CT molecular complexity index is 1130. The molecule has 0 fully saturated rings. The van der Waals surface area contributed by atoms with Gasteiger partial charge in [0.2, 0.25) is 10.0 Å². The topological polar surface area (TPSA) is 95.2 Å². The van der Waals surface area contributed by atoms with Gasteiger partial charge in [0.15, 0.2) is 0 Å². The first kappa shape index (κ1) is 20.0. The first-order valence-electron chi connectivity index (χ1n) is 8.26. The van der Waals surface area contributed by atoms with Gasteiger partial charge in [0.05, 0.1) is 17.8 Å². The monoisotopic (exact) mass is 415 g/mol. The Morgan fingerprint density at radius 2 is 1.89 bits per heavy atom. The largest absolute Gasteiger partial charge is 0.497 e. The highest BCUT2D eigenvalue weighted by atomic mass is 35.5. The highest BCUT2D eigenvalue weighted by molar-refractivity contribution is 7.89. The number of hydrogen-bond donors (Lipinski definition) is 1. The van der Waals surface area contributed by atoms with Crippen molar-refractivity contribution < 1.29 is 13.2 Å². The average molecular weight is 416 g/mol. The molecule has 3 rings (SSSR count). The molecule has 3 aromatic rings. The van der Waals surface area contributed by atoms with E-state index < -0.39 is 10.0 Å². The number of halogens is 1. The van der Waals surface area contributed by atoms with Crippen LogP contribution in [0.25, 0.3) is 17.3 Å². The Morgan fingerprint density at radius 3 is 2.50 bits per heavy atom. The van der Waals surface area contributed by atoms with E-state index in [4.69, 9.17) is 21.5 Å². The molecule has 0 unspecified atom stereocenters. The van der Waals surface area contributed by atoms with Crippen molar-refractivity contribution in [2.75, 3.05) is 7.11 Å². The van der Waals surface area contributed by atoms with Crippen LogP contribution < -0.4 is 9.88 Å². The maximum Gasteiger partial charge on any atom is 0.239 e. The van der Waals surface area contributed by atoms with Gasteiger partial charge in [-0.3, -0.25) is 0 Å². The standard InChI is InChI=1S/C20H18ClN3O3S/c1-3-14-6-9-17(28(22,25)26)20(21)19(14)16-10-11-23-18(24-16)12-13-4-7-15(27-2)8-5-13/h3-11H,1,12H2,2H3,(H2,22,25,26). The fraction of sp³-hybridized carbons (Fsp3) is 0.100. The second-order valence-corrected chi connectivity index (χ2v) is 7.88. The number of rotatable bonds is 6. The molecular formula is C20H18ClN3O3S. The van der Waals surface area contributed by atoms with Gasteiger partial charge in [-0.1, -0.05) is 42.5 Å². The smallest absolute Gasteiger partial charge is 0.239 e. The number of methoxy groups -OCH3 is 1. The number of nitrogens with two attached hydrogens (primary N) is 1. The van der Waals surface area contributed by atoms with E-state index in [0.717, 1.165) is 11.3 Å². The highest BCUT2D eigenvalue weighted by Crippen LogP contribution is 2.35. The molecule has 2 N–H and O–H groups in total. The molecule has 144 valence electrons. The number of hydrogen-bond acceptors (Lipinski definition) is 5. The van der Waals surface area contributed by atoms with Gasteiger partial charge >= 0.3 is 0 Å². The number of sulfonamides is 1.